The molecular weight excluding hydrogens is 206 g/mol. The standard InChI is InChI=1S/C12H7NOS/c14-11-5-4-9-8(11)7-12-10(13-9)3-1-2-6-15-12/h1-7H. The molecular formula is C12H7NOS. The Morgan fingerprint density at radius 3 is 2.93 bits per heavy atom. The normalized spacial score (nSPS) is 10.9. The molecule has 0 atom stereocenters. The first kappa shape index (κ1) is 8.56. The van der Waals surface area contributed by atoms with Gasteiger partial charge in [-0.25, -0.2) is 4.98 Å². The van der Waals surface area contributed by atoms with Crippen molar-refractivity contribution in [2.75, 3.05) is 0 Å². The van der Waals surface area contributed by atoms with Gasteiger partial charge in [-0.3, -0.25) is 4.79 Å². The molecule has 3 rings (SSSR count). The van der Waals surface area contributed by atoms with Gasteiger partial charge < -0.3 is 0 Å². The van der Waals surface area contributed by atoms with Crippen molar-refractivity contribution in [3.8, 4) is 0 Å². The lowest BCUT2D eigenvalue weighted by molar-refractivity contribution is 1.53. The average Bonchev–Trinajstić information content (AvgIpc) is 2.49. The molecule has 0 aliphatic heterocycles. The van der Waals surface area contributed by atoms with Crippen LogP contribution in [-0.2, 0) is 0 Å². The molecule has 0 unspecified atom stereocenters. The Morgan fingerprint density at radius 1 is 1.07 bits per heavy atom. The smallest absolute Gasteiger partial charge is 0.188 e. The molecule has 0 bridgehead atoms. The molecule has 0 radical (unpaired) electrons. The fourth-order valence-corrected chi connectivity index (χ4v) is 2.35. The third-order valence-electron chi connectivity index (χ3n) is 2.34. The molecule has 0 saturated carbocycles. The second-order valence-corrected chi connectivity index (χ2v) is 4.26. The molecule has 15 heavy (non-hydrogen) atoms. The van der Waals surface area contributed by atoms with Crippen LogP contribution in [0.4, 0.5) is 0 Å². The van der Waals surface area contributed by atoms with Gasteiger partial charge in [0, 0.05) is 5.39 Å². The van der Waals surface area contributed by atoms with Gasteiger partial charge in [-0.05, 0) is 29.6 Å². The van der Waals surface area contributed by atoms with Gasteiger partial charge >= 0.3 is 0 Å². The third-order valence-corrected chi connectivity index (χ3v) is 3.22. The molecule has 0 amide bonds. The minimum absolute atomic E-state index is 0.0538. The van der Waals surface area contributed by atoms with Crippen LogP contribution in [0.3, 0.4) is 0 Å². The molecule has 2 aromatic heterocycles. The van der Waals surface area contributed by atoms with Gasteiger partial charge in [-0.2, -0.15) is 0 Å². The second-order valence-electron chi connectivity index (χ2n) is 3.31. The largest absolute Gasteiger partial charge is 0.289 e. The summed E-state index contributed by atoms with van der Waals surface area (Å²) >= 11 is 1.59. The van der Waals surface area contributed by atoms with E-state index in [0.717, 1.165) is 15.7 Å². The van der Waals surface area contributed by atoms with Crippen LogP contribution in [0, 0.1) is 0 Å². The summed E-state index contributed by atoms with van der Waals surface area (Å²) in [7, 11) is 0. The highest BCUT2D eigenvalue weighted by atomic mass is 32.1. The Hall–Kier alpha value is -1.74. The average molecular weight is 213 g/mol. The number of fused-ring (bicyclic) bond motifs is 2. The van der Waals surface area contributed by atoms with Crippen LogP contribution in [0.5, 0.6) is 0 Å². The van der Waals surface area contributed by atoms with Crippen LogP contribution < -0.4 is 5.43 Å². The third kappa shape index (κ3) is 1.32. The van der Waals surface area contributed by atoms with E-state index in [-0.39, 0.29) is 5.43 Å². The summed E-state index contributed by atoms with van der Waals surface area (Å²) < 4.78 is 1.04. The van der Waals surface area contributed by atoms with Crippen molar-refractivity contribution < 1.29 is 0 Å². The topological polar surface area (TPSA) is 30.0 Å². The number of hydrogen-bond donors (Lipinski definition) is 0. The molecule has 2 heterocycles. The molecule has 0 N–H and O–H groups in total. The highest BCUT2D eigenvalue weighted by molar-refractivity contribution is 7.16. The van der Waals surface area contributed by atoms with Crippen LogP contribution in [0.25, 0.3) is 21.1 Å². The van der Waals surface area contributed by atoms with Gasteiger partial charge in [-0.15, -0.1) is 11.3 Å². The lowest BCUT2D eigenvalue weighted by Gasteiger charge is -1.91. The zero-order valence-corrected chi connectivity index (χ0v) is 8.62. The molecule has 0 spiro atoms. The molecule has 0 fully saturated rings. The quantitative estimate of drug-likeness (QED) is 0.574. The van der Waals surface area contributed by atoms with Gasteiger partial charge in [0.25, 0.3) is 0 Å². The first-order valence-electron chi connectivity index (χ1n) is 4.62. The molecule has 3 aromatic rings. The van der Waals surface area contributed by atoms with Crippen LogP contribution in [-0.4, -0.2) is 4.98 Å². The van der Waals surface area contributed by atoms with Crippen molar-refractivity contribution in [3.05, 3.63) is 52.0 Å². The summed E-state index contributed by atoms with van der Waals surface area (Å²) in [6, 6.07) is 11.2. The fraction of sp³-hybridized carbons (Fsp3) is 0. The Labute approximate surface area is 89.8 Å². The number of pyridine rings is 1. The summed E-state index contributed by atoms with van der Waals surface area (Å²) in [6.07, 6.45) is 0. The van der Waals surface area contributed by atoms with Crippen LogP contribution in [0.1, 0.15) is 0 Å². The molecule has 1 aromatic carbocycles. The lowest BCUT2D eigenvalue weighted by Crippen LogP contribution is -1.90. The Kier molecular flexibility index (Phi) is 1.79. The van der Waals surface area contributed by atoms with E-state index in [1.807, 2.05) is 29.6 Å². The van der Waals surface area contributed by atoms with E-state index in [1.54, 1.807) is 23.5 Å². The van der Waals surface area contributed by atoms with Gasteiger partial charge in [0.15, 0.2) is 5.43 Å². The maximum absolute atomic E-state index is 11.5. The van der Waals surface area contributed by atoms with E-state index in [4.69, 9.17) is 0 Å². The SMILES string of the molecule is O=c1ccc2nc3ccccsc3cc12. The van der Waals surface area contributed by atoms with Crippen molar-refractivity contribution in [1.82, 2.24) is 4.98 Å². The maximum atomic E-state index is 11.5. The number of hydrogen-bond acceptors (Lipinski definition) is 3. The van der Waals surface area contributed by atoms with Gasteiger partial charge in [0.2, 0.25) is 0 Å². The van der Waals surface area contributed by atoms with Crippen LogP contribution in [0.15, 0.2) is 46.6 Å². The number of rotatable bonds is 0. The van der Waals surface area contributed by atoms with E-state index >= 15 is 0 Å². The molecule has 0 saturated heterocycles. The van der Waals surface area contributed by atoms with E-state index in [2.05, 4.69) is 4.98 Å². The molecule has 0 aliphatic rings. The summed E-state index contributed by atoms with van der Waals surface area (Å²) in [5, 5.41) is 2.70. The van der Waals surface area contributed by atoms with Crippen LogP contribution in [0.2, 0.25) is 0 Å². The zero-order valence-electron chi connectivity index (χ0n) is 7.81. The van der Waals surface area contributed by atoms with Crippen molar-refractivity contribution in [2.24, 2.45) is 0 Å². The van der Waals surface area contributed by atoms with E-state index in [0.29, 0.717) is 5.39 Å². The molecule has 72 valence electrons. The lowest BCUT2D eigenvalue weighted by atomic mass is 10.3. The Balaban J connectivity index is 2.59. The van der Waals surface area contributed by atoms with Gasteiger partial charge in [0.1, 0.15) is 0 Å². The Morgan fingerprint density at radius 2 is 2.00 bits per heavy atom. The summed E-state index contributed by atoms with van der Waals surface area (Å²) in [5.41, 5.74) is 1.77. The first-order valence-corrected chi connectivity index (χ1v) is 5.50. The summed E-state index contributed by atoms with van der Waals surface area (Å²) in [5.74, 6) is 0. The van der Waals surface area contributed by atoms with Gasteiger partial charge in [0.05, 0.1) is 15.7 Å². The second kappa shape index (κ2) is 3.14. The van der Waals surface area contributed by atoms with Crippen LogP contribution >= 0.6 is 11.3 Å². The van der Waals surface area contributed by atoms with Crippen molar-refractivity contribution in [2.45, 2.75) is 0 Å². The van der Waals surface area contributed by atoms with Crippen molar-refractivity contribution in [1.29, 1.82) is 0 Å². The van der Waals surface area contributed by atoms with Crippen molar-refractivity contribution >= 4 is 32.5 Å². The Bertz CT molecular complexity index is 702. The van der Waals surface area contributed by atoms with Gasteiger partial charge in [-0.1, -0.05) is 12.1 Å². The predicted octanol–water partition coefficient (Wildman–Crippen LogP) is 2.81. The molecule has 2 nitrogen and oxygen atoms in total. The number of aromatic nitrogens is 1. The predicted molar refractivity (Wildman–Crippen MR) is 63.4 cm³/mol. The summed E-state index contributed by atoms with van der Waals surface area (Å²) in [4.78, 5) is 15.9. The summed E-state index contributed by atoms with van der Waals surface area (Å²) in [6.45, 7) is 0. The van der Waals surface area contributed by atoms with E-state index in [9.17, 15) is 4.79 Å². The first-order chi connectivity index (χ1) is 7.34. The minimum atomic E-state index is 0.0538. The molecule has 0 aliphatic carbocycles. The van der Waals surface area contributed by atoms with E-state index in [1.165, 1.54) is 0 Å². The van der Waals surface area contributed by atoms with Crippen molar-refractivity contribution in [3.63, 3.8) is 0 Å². The number of nitrogens with zero attached hydrogens (tertiary/aromatic N) is 1. The van der Waals surface area contributed by atoms with E-state index < -0.39 is 0 Å². The minimum Gasteiger partial charge on any atom is -0.289 e. The highest BCUT2D eigenvalue weighted by Gasteiger charge is 2.02. The zero-order chi connectivity index (χ0) is 10.3. The fourth-order valence-electron chi connectivity index (χ4n) is 1.61. The molecule has 3 heteroatoms. The monoisotopic (exact) mass is 213 g/mol. The highest BCUT2D eigenvalue weighted by Crippen LogP contribution is 2.19. The maximum Gasteiger partial charge on any atom is 0.188 e.